The van der Waals surface area contributed by atoms with Crippen LogP contribution in [0.15, 0.2) is 18.2 Å². The SMILES string of the molecule is CN(CC(=O)O)CC1CN(c2cc(N)ccc2[N+](=O)[O-])CCO1. The summed E-state index contributed by atoms with van der Waals surface area (Å²) in [5.74, 6) is -0.911. The number of likely N-dealkylation sites (N-methyl/N-ethyl adjacent to an activating group) is 1. The fourth-order valence-electron chi connectivity index (χ4n) is 2.64. The molecule has 0 aliphatic carbocycles. The summed E-state index contributed by atoms with van der Waals surface area (Å²) in [4.78, 5) is 25.0. The van der Waals surface area contributed by atoms with Crippen LogP contribution in [-0.4, -0.2) is 66.8 Å². The lowest BCUT2D eigenvalue weighted by molar-refractivity contribution is -0.384. The van der Waals surface area contributed by atoms with Crippen LogP contribution in [0.1, 0.15) is 0 Å². The average molecular weight is 324 g/mol. The van der Waals surface area contributed by atoms with Gasteiger partial charge >= 0.3 is 5.97 Å². The first-order valence-electron chi connectivity index (χ1n) is 7.17. The van der Waals surface area contributed by atoms with Gasteiger partial charge in [0.05, 0.1) is 24.2 Å². The molecule has 1 aliphatic rings. The van der Waals surface area contributed by atoms with E-state index < -0.39 is 10.9 Å². The number of nitro groups is 1. The Hall–Kier alpha value is -2.39. The Morgan fingerprint density at radius 1 is 1.61 bits per heavy atom. The number of ether oxygens (including phenoxy) is 1. The number of morpholine rings is 1. The normalized spacial score (nSPS) is 18.2. The maximum atomic E-state index is 11.2. The number of rotatable bonds is 6. The van der Waals surface area contributed by atoms with Crippen LogP contribution in [0, 0.1) is 10.1 Å². The van der Waals surface area contributed by atoms with Crippen molar-refractivity contribution in [3.05, 3.63) is 28.3 Å². The molecule has 1 unspecified atom stereocenters. The zero-order valence-corrected chi connectivity index (χ0v) is 12.8. The van der Waals surface area contributed by atoms with Crippen molar-refractivity contribution in [2.75, 3.05) is 50.5 Å². The van der Waals surface area contributed by atoms with Crippen LogP contribution >= 0.6 is 0 Å². The van der Waals surface area contributed by atoms with E-state index in [2.05, 4.69) is 0 Å². The number of benzene rings is 1. The third-order valence-corrected chi connectivity index (χ3v) is 3.60. The predicted molar refractivity (Wildman–Crippen MR) is 84.6 cm³/mol. The summed E-state index contributed by atoms with van der Waals surface area (Å²) < 4.78 is 5.64. The van der Waals surface area contributed by atoms with Crippen molar-refractivity contribution in [2.45, 2.75) is 6.10 Å². The second-order valence-corrected chi connectivity index (χ2v) is 5.53. The molecule has 2 rings (SSSR count). The van der Waals surface area contributed by atoms with Crippen LogP contribution in [0.4, 0.5) is 17.1 Å². The van der Waals surface area contributed by atoms with Crippen molar-refractivity contribution in [2.24, 2.45) is 0 Å². The number of carbonyl (C=O) groups is 1. The number of anilines is 2. The van der Waals surface area contributed by atoms with Gasteiger partial charge in [0.25, 0.3) is 5.69 Å². The number of nitrogens with two attached hydrogens (primary N) is 1. The van der Waals surface area contributed by atoms with Crippen LogP contribution in [-0.2, 0) is 9.53 Å². The largest absolute Gasteiger partial charge is 0.480 e. The molecule has 0 radical (unpaired) electrons. The number of nitro benzene ring substituents is 1. The van der Waals surface area contributed by atoms with Crippen molar-refractivity contribution >= 4 is 23.0 Å². The molecule has 9 heteroatoms. The zero-order chi connectivity index (χ0) is 17.0. The highest BCUT2D eigenvalue weighted by Crippen LogP contribution is 2.31. The predicted octanol–water partition coefficient (Wildman–Crippen LogP) is 0.399. The molecule has 1 aromatic rings. The molecule has 126 valence electrons. The molecule has 1 saturated heterocycles. The van der Waals surface area contributed by atoms with Gasteiger partial charge in [-0.25, -0.2) is 0 Å². The minimum absolute atomic E-state index is 0.00117. The van der Waals surface area contributed by atoms with Crippen molar-refractivity contribution in [3.63, 3.8) is 0 Å². The van der Waals surface area contributed by atoms with E-state index in [4.69, 9.17) is 15.6 Å². The monoisotopic (exact) mass is 324 g/mol. The Bertz CT molecular complexity index is 595. The molecule has 3 N–H and O–H groups in total. The van der Waals surface area contributed by atoms with E-state index in [1.165, 1.54) is 12.1 Å². The minimum Gasteiger partial charge on any atom is -0.480 e. The molecule has 1 fully saturated rings. The van der Waals surface area contributed by atoms with Crippen molar-refractivity contribution < 1.29 is 19.6 Å². The first-order valence-corrected chi connectivity index (χ1v) is 7.17. The summed E-state index contributed by atoms with van der Waals surface area (Å²) in [6.07, 6.45) is -0.228. The molecular weight excluding hydrogens is 304 g/mol. The molecule has 1 aliphatic heterocycles. The van der Waals surface area contributed by atoms with Crippen LogP contribution in [0.25, 0.3) is 0 Å². The molecule has 0 bridgehead atoms. The number of carboxylic acid groups (broad SMARTS) is 1. The zero-order valence-electron chi connectivity index (χ0n) is 12.8. The highest BCUT2D eigenvalue weighted by molar-refractivity contribution is 5.69. The number of hydrogen-bond acceptors (Lipinski definition) is 7. The average Bonchev–Trinajstić information content (AvgIpc) is 2.46. The van der Waals surface area contributed by atoms with Crippen molar-refractivity contribution in [3.8, 4) is 0 Å². The molecular formula is C14H20N4O5. The number of nitrogens with zero attached hydrogens (tertiary/aromatic N) is 3. The summed E-state index contributed by atoms with van der Waals surface area (Å²) in [6.45, 7) is 1.71. The number of hydrogen-bond donors (Lipinski definition) is 2. The maximum absolute atomic E-state index is 11.2. The first kappa shape index (κ1) is 17.0. The van der Waals surface area contributed by atoms with Gasteiger partial charge < -0.3 is 20.5 Å². The minimum atomic E-state index is -0.911. The molecule has 0 amide bonds. The van der Waals surface area contributed by atoms with Gasteiger partial charge in [0, 0.05) is 31.4 Å². The fraction of sp³-hybridized carbons (Fsp3) is 0.500. The molecule has 0 spiro atoms. The number of carboxylic acids is 1. The number of aliphatic carboxylic acids is 1. The smallest absolute Gasteiger partial charge is 0.317 e. The molecule has 1 heterocycles. The third-order valence-electron chi connectivity index (χ3n) is 3.60. The Morgan fingerprint density at radius 3 is 3.00 bits per heavy atom. The van der Waals surface area contributed by atoms with Crippen LogP contribution in [0.5, 0.6) is 0 Å². The summed E-state index contributed by atoms with van der Waals surface area (Å²) in [7, 11) is 1.69. The second kappa shape index (κ2) is 7.25. The Kier molecular flexibility index (Phi) is 5.35. The Labute approximate surface area is 133 Å². The topological polar surface area (TPSA) is 122 Å². The van der Waals surface area contributed by atoms with Gasteiger partial charge in [-0.1, -0.05) is 0 Å². The Balaban J connectivity index is 2.10. The molecule has 0 saturated carbocycles. The van der Waals surface area contributed by atoms with E-state index in [9.17, 15) is 14.9 Å². The van der Waals surface area contributed by atoms with Gasteiger partial charge in [0.2, 0.25) is 0 Å². The van der Waals surface area contributed by atoms with Crippen molar-refractivity contribution in [1.29, 1.82) is 0 Å². The van der Waals surface area contributed by atoms with E-state index in [0.29, 0.717) is 37.6 Å². The fourth-order valence-corrected chi connectivity index (χ4v) is 2.64. The summed E-state index contributed by atoms with van der Waals surface area (Å²) in [5, 5.41) is 20.0. The summed E-state index contributed by atoms with van der Waals surface area (Å²) in [6, 6.07) is 4.48. The molecule has 23 heavy (non-hydrogen) atoms. The number of nitrogen functional groups attached to an aromatic ring is 1. The van der Waals surface area contributed by atoms with E-state index in [-0.39, 0.29) is 18.3 Å². The summed E-state index contributed by atoms with van der Waals surface area (Å²) >= 11 is 0. The molecule has 9 nitrogen and oxygen atoms in total. The third kappa shape index (κ3) is 4.54. The first-order chi connectivity index (χ1) is 10.9. The van der Waals surface area contributed by atoms with E-state index in [1.807, 2.05) is 4.90 Å². The van der Waals surface area contributed by atoms with Gasteiger partial charge in [0.15, 0.2) is 0 Å². The van der Waals surface area contributed by atoms with Crippen molar-refractivity contribution in [1.82, 2.24) is 4.90 Å². The lowest BCUT2D eigenvalue weighted by Crippen LogP contribution is -2.47. The van der Waals surface area contributed by atoms with E-state index in [1.54, 1.807) is 18.0 Å². The van der Waals surface area contributed by atoms with Gasteiger partial charge in [-0.2, -0.15) is 0 Å². The van der Waals surface area contributed by atoms with Crippen LogP contribution in [0.3, 0.4) is 0 Å². The molecule has 0 aromatic heterocycles. The van der Waals surface area contributed by atoms with Crippen LogP contribution < -0.4 is 10.6 Å². The highest BCUT2D eigenvalue weighted by atomic mass is 16.6. The summed E-state index contributed by atoms with van der Waals surface area (Å²) in [5.41, 5.74) is 6.67. The van der Waals surface area contributed by atoms with Gasteiger partial charge in [0.1, 0.15) is 5.69 Å². The maximum Gasteiger partial charge on any atom is 0.317 e. The van der Waals surface area contributed by atoms with Crippen LogP contribution in [0.2, 0.25) is 0 Å². The molecule has 1 aromatic carbocycles. The highest BCUT2D eigenvalue weighted by Gasteiger charge is 2.27. The standard InChI is InChI=1S/C14H20N4O5/c1-16(9-14(19)20)7-11-8-17(4-5-23-11)13-6-10(15)2-3-12(13)18(21)22/h2-3,6,11H,4-5,7-9,15H2,1H3,(H,19,20). The quantitative estimate of drug-likeness (QED) is 0.438. The lowest BCUT2D eigenvalue weighted by atomic mass is 10.2. The van der Waals surface area contributed by atoms with Gasteiger partial charge in [-0.15, -0.1) is 0 Å². The van der Waals surface area contributed by atoms with E-state index in [0.717, 1.165) is 0 Å². The van der Waals surface area contributed by atoms with E-state index >= 15 is 0 Å². The second-order valence-electron chi connectivity index (χ2n) is 5.53. The lowest BCUT2D eigenvalue weighted by Gasteiger charge is -2.35. The Morgan fingerprint density at radius 2 is 2.35 bits per heavy atom. The molecule has 1 atom stereocenters. The van der Waals surface area contributed by atoms with Gasteiger partial charge in [-0.05, 0) is 19.2 Å². The van der Waals surface area contributed by atoms with Gasteiger partial charge in [-0.3, -0.25) is 19.8 Å².